The molecule has 1 atom stereocenters. The first-order valence-corrected chi connectivity index (χ1v) is 5.67. The number of hydrogen-bond donors (Lipinski definition) is 1. The fourth-order valence-corrected chi connectivity index (χ4v) is 1.79. The maximum absolute atomic E-state index is 4.17. The molecule has 1 aromatic heterocycles. The number of unbranched alkanes of at least 4 members (excludes halogenated alkanes) is 1. The molecule has 3 nitrogen and oxygen atoms in total. The summed E-state index contributed by atoms with van der Waals surface area (Å²) in [5.41, 5.74) is 3.32. The van der Waals surface area contributed by atoms with Crippen molar-refractivity contribution in [2.45, 2.75) is 46.1 Å². The summed E-state index contributed by atoms with van der Waals surface area (Å²) >= 11 is 0. The van der Waals surface area contributed by atoms with Crippen molar-refractivity contribution >= 4 is 0 Å². The fraction of sp³-hybridized carbons (Fsp3) is 0.667. The Morgan fingerprint density at radius 1 is 1.33 bits per heavy atom. The summed E-state index contributed by atoms with van der Waals surface area (Å²) in [6.07, 6.45) is 3.64. The summed E-state index contributed by atoms with van der Waals surface area (Å²) in [7, 11) is 2.01. The minimum absolute atomic E-state index is 0.416. The monoisotopic (exact) mass is 207 g/mol. The molecule has 84 valence electrons. The minimum atomic E-state index is 0.416. The summed E-state index contributed by atoms with van der Waals surface area (Å²) in [6, 6.07) is 2.55. The Labute approximate surface area is 92.3 Å². The van der Waals surface area contributed by atoms with Gasteiger partial charge in [-0.05, 0) is 38.9 Å². The van der Waals surface area contributed by atoms with Crippen molar-refractivity contribution in [2.75, 3.05) is 7.05 Å². The fourth-order valence-electron chi connectivity index (χ4n) is 1.79. The lowest BCUT2D eigenvalue weighted by atomic mass is 10.00. The van der Waals surface area contributed by atoms with Gasteiger partial charge in [-0.25, -0.2) is 0 Å². The number of hydrogen-bond acceptors (Lipinski definition) is 3. The summed E-state index contributed by atoms with van der Waals surface area (Å²) in [4.78, 5) is 0. The van der Waals surface area contributed by atoms with Gasteiger partial charge in [0.25, 0.3) is 0 Å². The van der Waals surface area contributed by atoms with Gasteiger partial charge in [0.2, 0.25) is 0 Å². The molecular weight excluding hydrogens is 186 g/mol. The molecule has 0 spiro atoms. The first-order valence-electron chi connectivity index (χ1n) is 5.67. The van der Waals surface area contributed by atoms with Crippen molar-refractivity contribution in [3.05, 3.63) is 23.0 Å². The molecule has 1 heterocycles. The van der Waals surface area contributed by atoms with Crippen LogP contribution >= 0.6 is 0 Å². The first kappa shape index (κ1) is 12.1. The summed E-state index contributed by atoms with van der Waals surface area (Å²) in [5, 5.41) is 11.6. The van der Waals surface area contributed by atoms with Crippen LogP contribution in [0.25, 0.3) is 0 Å². The van der Waals surface area contributed by atoms with E-state index in [1.54, 1.807) is 0 Å². The molecule has 0 aromatic carbocycles. The van der Waals surface area contributed by atoms with Gasteiger partial charge >= 0.3 is 0 Å². The van der Waals surface area contributed by atoms with E-state index in [2.05, 4.69) is 28.5 Å². The average molecular weight is 207 g/mol. The Kier molecular flexibility index (Phi) is 4.69. The Morgan fingerprint density at radius 3 is 2.67 bits per heavy atom. The third-order valence-electron chi connectivity index (χ3n) is 2.71. The lowest BCUT2D eigenvalue weighted by molar-refractivity contribution is 0.516. The lowest BCUT2D eigenvalue weighted by Crippen LogP contribution is -2.18. The molecule has 0 amide bonds. The number of aryl methyl sites for hydroxylation is 2. The van der Waals surface area contributed by atoms with Crippen LogP contribution in [-0.4, -0.2) is 17.2 Å². The summed E-state index contributed by atoms with van der Waals surface area (Å²) < 4.78 is 0. The van der Waals surface area contributed by atoms with E-state index in [1.165, 1.54) is 24.8 Å². The third kappa shape index (κ3) is 3.27. The molecule has 0 radical (unpaired) electrons. The Hall–Kier alpha value is -0.960. The van der Waals surface area contributed by atoms with Crippen LogP contribution in [-0.2, 0) is 0 Å². The second kappa shape index (κ2) is 5.81. The number of nitrogens with one attached hydrogen (secondary N) is 1. The standard InChI is InChI=1S/C12H21N3/c1-5-6-7-12(13-4)11-8-9(2)14-15-10(11)3/h8,12-13H,5-7H2,1-4H3. The molecule has 1 aromatic rings. The summed E-state index contributed by atoms with van der Waals surface area (Å²) in [5.74, 6) is 0. The highest BCUT2D eigenvalue weighted by molar-refractivity contribution is 5.23. The van der Waals surface area contributed by atoms with Gasteiger partial charge in [-0.15, -0.1) is 0 Å². The van der Waals surface area contributed by atoms with Crippen LogP contribution in [0.5, 0.6) is 0 Å². The Balaban J connectivity index is 2.85. The van der Waals surface area contributed by atoms with Crippen LogP contribution in [0, 0.1) is 13.8 Å². The van der Waals surface area contributed by atoms with Gasteiger partial charge in [-0.2, -0.15) is 10.2 Å². The van der Waals surface area contributed by atoms with E-state index in [1.807, 2.05) is 20.9 Å². The van der Waals surface area contributed by atoms with E-state index in [4.69, 9.17) is 0 Å². The molecular formula is C12H21N3. The zero-order valence-corrected chi connectivity index (χ0v) is 10.2. The van der Waals surface area contributed by atoms with Crippen molar-refractivity contribution in [1.29, 1.82) is 0 Å². The smallest absolute Gasteiger partial charge is 0.0648 e. The highest BCUT2D eigenvalue weighted by Crippen LogP contribution is 2.21. The van der Waals surface area contributed by atoms with Gasteiger partial charge in [0, 0.05) is 6.04 Å². The molecule has 0 bridgehead atoms. The quantitative estimate of drug-likeness (QED) is 0.806. The van der Waals surface area contributed by atoms with Crippen molar-refractivity contribution in [1.82, 2.24) is 15.5 Å². The zero-order chi connectivity index (χ0) is 11.3. The first-order chi connectivity index (χ1) is 7.19. The number of aromatic nitrogens is 2. The van der Waals surface area contributed by atoms with Crippen LogP contribution in [0.4, 0.5) is 0 Å². The number of rotatable bonds is 5. The van der Waals surface area contributed by atoms with Crippen molar-refractivity contribution in [3.63, 3.8) is 0 Å². The van der Waals surface area contributed by atoms with Crippen molar-refractivity contribution in [3.8, 4) is 0 Å². The van der Waals surface area contributed by atoms with Gasteiger partial charge in [-0.1, -0.05) is 19.8 Å². The van der Waals surface area contributed by atoms with E-state index in [9.17, 15) is 0 Å². The second-order valence-electron chi connectivity index (χ2n) is 4.01. The van der Waals surface area contributed by atoms with E-state index in [0.717, 1.165) is 11.4 Å². The largest absolute Gasteiger partial charge is 0.313 e. The van der Waals surface area contributed by atoms with Crippen LogP contribution in [0.1, 0.15) is 49.2 Å². The Bertz CT molecular complexity index is 310. The molecule has 3 heteroatoms. The van der Waals surface area contributed by atoms with Gasteiger partial charge in [0.15, 0.2) is 0 Å². The predicted molar refractivity (Wildman–Crippen MR) is 62.8 cm³/mol. The van der Waals surface area contributed by atoms with Crippen LogP contribution in [0.3, 0.4) is 0 Å². The topological polar surface area (TPSA) is 37.8 Å². The number of nitrogens with zero attached hydrogens (tertiary/aromatic N) is 2. The molecule has 0 saturated carbocycles. The van der Waals surface area contributed by atoms with E-state index in [-0.39, 0.29) is 0 Å². The molecule has 1 rings (SSSR count). The van der Waals surface area contributed by atoms with Gasteiger partial charge in [0.05, 0.1) is 11.4 Å². The van der Waals surface area contributed by atoms with Crippen molar-refractivity contribution in [2.24, 2.45) is 0 Å². The van der Waals surface area contributed by atoms with Gasteiger partial charge in [0.1, 0.15) is 0 Å². The molecule has 15 heavy (non-hydrogen) atoms. The molecule has 0 aliphatic carbocycles. The average Bonchev–Trinajstić information content (AvgIpc) is 2.24. The van der Waals surface area contributed by atoms with Crippen LogP contribution in [0.2, 0.25) is 0 Å². The van der Waals surface area contributed by atoms with E-state index < -0.39 is 0 Å². The molecule has 1 N–H and O–H groups in total. The lowest BCUT2D eigenvalue weighted by Gasteiger charge is -2.17. The van der Waals surface area contributed by atoms with E-state index >= 15 is 0 Å². The van der Waals surface area contributed by atoms with Crippen molar-refractivity contribution < 1.29 is 0 Å². The molecule has 0 fully saturated rings. The zero-order valence-electron chi connectivity index (χ0n) is 10.2. The second-order valence-corrected chi connectivity index (χ2v) is 4.01. The minimum Gasteiger partial charge on any atom is -0.313 e. The predicted octanol–water partition coefficient (Wildman–Crippen LogP) is 2.54. The molecule has 1 unspecified atom stereocenters. The SMILES string of the molecule is CCCCC(NC)c1cc(C)nnc1C. The van der Waals surface area contributed by atoms with Gasteiger partial charge in [-0.3, -0.25) is 0 Å². The van der Waals surface area contributed by atoms with Gasteiger partial charge < -0.3 is 5.32 Å². The maximum Gasteiger partial charge on any atom is 0.0648 e. The van der Waals surface area contributed by atoms with Crippen LogP contribution in [0.15, 0.2) is 6.07 Å². The highest BCUT2D eigenvalue weighted by atomic mass is 15.1. The Morgan fingerprint density at radius 2 is 2.07 bits per heavy atom. The maximum atomic E-state index is 4.17. The molecule has 0 aliphatic rings. The third-order valence-corrected chi connectivity index (χ3v) is 2.71. The normalized spacial score (nSPS) is 12.8. The van der Waals surface area contributed by atoms with Crippen LogP contribution < -0.4 is 5.32 Å². The molecule has 0 saturated heterocycles. The summed E-state index contributed by atoms with van der Waals surface area (Å²) in [6.45, 7) is 6.23. The highest BCUT2D eigenvalue weighted by Gasteiger charge is 2.12. The van der Waals surface area contributed by atoms with E-state index in [0.29, 0.717) is 6.04 Å². The molecule has 0 aliphatic heterocycles.